The minimum atomic E-state index is -0.945. The molecular formula is C19H26O5. The zero-order valence-corrected chi connectivity index (χ0v) is 15.2. The van der Waals surface area contributed by atoms with Crippen molar-refractivity contribution in [1.82, 2.24) is 0 Å². The Morgan fingerprint density at radius 1 is 0.875 bits per heavy atom. The fourth-order valence-corrected chi connectivity index (χ4v) is 2.07. The van der Waals surface area contributed by atoms with Crippen molar-refractivity contribution in [3.8, 4) is 0 Å². The summed E-state index contributed by atoms with van der Waals surface area (Å²) in [6.45, 7) is 10.3. The molecule has 24 heavy (non-hydrogen) atoms. The molecule has 0 saturated heterocycles. The lowest BCUT2D eigenvalue weighted by molar-refractivity contribution is -0.164. The lowest BCUT2D eigenvalue weighted by Crippen LogP contribution is -2.33. The molecule has 0 aliphatic rings. The van der Waals surface area contributed by atoms with E-state index in [1.807, 2.05) is 0 Å². The first-order chi connectivity index (χ1) is 10.9. The van der Waals surface area contributed by atoms with Crippen LogP contribution in [0.2, 0.25) is 0 Å². The molecule has 0 fully saturated rings. The molecule has 0 N–H and O–H groups in total. The largest absolute Gasteiger partial charge is 0.460 e. The van der Waals surface area contributed by atoms with Gasteiger partial charge in [0, 0.05) is 0 Å². The third kappa shape index (κ3) is 6.94. The first-order valence-electron chi connectivity index (χ1n) is 7.93. The second-order valence-corrected chi connectivity index (χ2v) is 7.62. The van der Waals surface area contributed by atoms with Crippen LogP contribution in [0.1, 0.15) is 59.4 Å². The molecule has 0 radical (unpaired) electrons. The summed E-state index contributed by atoms with van der Waals surface area (Å²) in [5, 5.41) is 0. The van der Waals surface area contributed by atoms with Crippen LogP contribution >= 0.6 is 0 Å². The van der Waals surface area contributed by atoms with Gasteiger partial charge in [-0.15, -0.1) is 0 Å². The van der Waals surface area contributed by atoms with Crippen molar-refractivity contribution in [2.45, 2.75) is 65.1 Å². The minimum Gasteiger partial charge on any atom is -0.460 e. The molecule has 1 rings (SSSR count). The van der Waals surface area contributed by atoms with E-state index in [4.69, 9.17) is 9.47 Å². The molecule has 5 nitrogen and oxygen atoms in total. The Kier molecular flexibility index (Phi) is 6.29. The van der Waals surface area contributed by atoms with Crippen LogP contribution in [-0.2, 0) is 23.9 Å². The number of Topliss-reactive ketones (excluding diaryl/α,β-unsaturated/α-hetero) is 1. The van der Waals surface area contributed by atoms with Gasteiger partial charge in [-0.1, -0.05) is 30.3 Å². The zero-order valence-electron chi connectivity index (χ0n) is 15.2. The molecule has 132 valence electrons. The van der Waals surface area contributed by atoms with Gasteiger partial charge in [-0.05, 0) is 47.1 Å². The number of hydrogen-bond acceptors (Lipinski definition) is 5. The highest BCUT2D eigenvalue weighted by atomic mass is 16.6. The van der Waals surface area contributed by atoms with Crippen LogP contribution in [-0.4, -0.2) is 28.9 Å². The lowest BCUT2D eigenvalue weighted by atomic mass is 9.91. The van der Waals surface area contributed by atoms with Crippen LogP contribution in [0, 0.1) is 0 Å². The van der Waals surface area contributed by atoms with E-state index < -0.39 is 34.8 Å². The number of carbonyl (C=O) groups is 3. The van der Waals surface area contributed by atoms with Crippen LogP contribution in [0.5, 0.6) is 0 Å². The van der Waals surface area contributed by atoms with Gasteiger partial charge in [0.1, 0.15) is 11.2 Å². The summed E-state index contributed by atoms with van der Waals surface area (Å²) >= 11 is 0. The van der Waals surface area contributed by atoms with Crippen LogP contribution < -0.4 is 0 Å². The summed E-state index contributed by atoms with van der Waals surface area (Å²) in [6, 6.07) is 8.71. The van der Waals surface area contributed by atoms with Crippen molar-refractivity contribution < 1.29 is 23.9 Å². The molecule has 0 heterocycles. The van der Waals surface area contributed by atoms with Gasteiger partial charge >= 0.3 is 11.9 Å². The van der Waals surface area contributed by atoms with Crippen molar-refractivity contribution in [2.75, 3.05) is 0 Å². The van der Waals surface area contributed by atoms with E-state index >= 15 is 0 Å². The zero-order chi connectivity index (χ0) is 18.5. The van der Waals surface area contributed by atoms with Gasteiger partial charge in [0.25, 0.3) is 0 Å². The summed E-state index contributed by atoms with van der Waals surface area (Å²) < 4.78 is 10.4. The Morgan fingerprint density at radius 2 is 1.38 bits per heavy atom. The standard InChI is InChI=1S/C19H26O5/c1-18(2,3)23-15(20)12-14(13-10-8-7-9-11-13)16(21)17(22)24-19(4,5)6/h7-11,14H,12H2,1-6H3. The Bertz CT molecular complexity index is 590. The Balaban J connectivity index is 3.00. The maximum absolute atomic E-state index is 12.5. The number of carbonyl (C=O) groups excluding carboxylic acids is 3. The first-order valence-corrected chi connectivity index (χ1v) is 7.93. The molecule has 0 bridgehead atoms. The average Bonchev–Trinajstić information content (AvgIpc) is 2.41. The van der Waals surface area contributed by atoms with Gasteiger partial charge in [-0.3, -0.25) is 9.59 Å². The number of esters is 2. The molecule has 1 aromatic rings. The van der Waals surface area contributed by atoms with Gasteiger partial charge in [0.15, 0.2) is 0 Å². The van der Waals surface area contributed by atoms with Crippen LogP contribution in [0.3, 0.4) is 0 Å². The summed E-state index contributed by atoms with van der Waals surface area (Å²) in [6.07, 6.45) is -0.209. The summed E-state index contributed by atoms with van der Waals surface area (Å²) in [5.41, 5.74) is -0.855. The highest BCUT2D eigenvalue weighted by Crippen LogP contribution is 2.24. The van der Waals surface area contributed by atoms with Crippen LogP contribution in [0.15, 0.2) is 30.3 Å². The minimum absolute atomic E-state index is 0.209. The molecule has 0 saturated carbocycles. The van der Waals surface area contributed by atoms with E-state index in [1.165, 1.54) is 0 Å². The van der Waals surface area contributed by atoms with Crippen LogP contribution in [0.25, 0.3) is 0 Å². The average molecular weight is 334 g/mol. The first kappa shape index (κ1) is 19.9. The molecule has 0 aromatic heterocycles. The maximum Gasteiger partial charge on any atom is 0.375 e. The summed E-state index contributed by atoms with van der Waals surface area (Å²) in [5.74, 6) is -3.15. The molecule has 0 aliphatic heterocycles. The van der Waals surface area contributed by atoms with Crippen molar-refractivity contribution in [2.24, 2.45) is 0 Å². The number of ketones is 1. The molecule has 1 aromatic carbocycles. The predicted octanol–water partition coefficient (Wildman–Crippen LogP) is 3.41. The quantitative estimate of drug-likeness (QED) is 0.609. The van der Waals surface area contributed by atoms with E-state index in [1.54, 1.807) is 71.9 Å². The van der Waals surface area contributed by atoms with E-state index in [0.717, 1.165) is 0 Å². The molecule has 1 atom stereocenters. The molecule has 1 unspecified atom stereocenters. The topological polar surface area (TPSA) is 69.7 Å². The third-order valence-electron chi connectivity index (χ3n) is 2.91. The normalized spacial score (nSPS) is 13.1. The van der Waals surface area contributed by atoms with E-state index in [0.29, 0.717) is 5.56 Å². The van der Waals surface area contributed by atoms with E-state index in [-0.39, 0.29) is 6.42 Å². The van der Waals surface area contributed by atoms with E-state index in [2.05, 4.69) is 0 Å². The molecule has 5 heteroatoms. The van der Waals surface area contributed by atoms with Gasteiger partial charge in [-0.2, -0.15) is 0 Å². The summed E-state index contributed by atoms with van der Waals surface area (Å²) in [4.78, 5) is 36.8. The van der Waals surface area contributed by atoms with E-state index in [9.17, 15) is 14.4 Å². The fraction of sp³-hybridized carbons (Fsp3) is 0.526. The molecule has 0 amide bonds. The monoisotopic (exact) mass is 334 g/mol. The molecule has 0 aliphatic carbocycles. The van der Waals surface area contributed by atoms with Crippen molar-refractivity contribution >= 4 is 17.7 Å². The van der Waals surface area contributed by atoms with Crippen LogP contribution in [0.4, 0.5) is 0 Å². The van der Waals surface area contributed by atoms with Gasteiger partial charge < -0.3 is 9.47 Å². The highest BCUT2D eigenvalue weighted by Gasteiger charge is 2.33. The van der Waals surface area contributed by atoms with Gasteiger partial charge in [0.05, 0.1) is 12.3 Å². The predicted molar refractivity (Wildman–Crippen MR) is 90.5 cm³/mol. The SMILES string of the molecule is CC(C)(C)OC(=O)CC(C(=O)C(=O)OC(C)(C)C)c1ccccc1. The highest BCUT2D eigenvalue weighted by molar-refractivity contribution is 6.36. The smallest absolute Gasteiger partial charge is 0.375 e. The Morgan fingerprint density at radius 3 is 1.83 bits per heavy atom. The molecule has 0 spiro atoms. The Labute approximate surface area is 143 Å². The lowest BCUT2D eigenvalue weighted by Gasteiger charge is -2.23. The number of ether oxygens (including phenoxy) is 2. The fourth-order valence-electron chi connectivity index (χ4n) is 2.07. The number of rotatable bonds is 5. The maximum atomic E-state index is 12.5. The number of hydrogen-bond donors (Lipinski definition) is 0. The van der Waals surface area contributed by atoms with Gasteiger partial charge in [0.2, 0.25) is 5.78 Å². The van der Waals surface area contributed by atoms with Crippen molar-refractivity contribution in [1.29, 1.82) is 0 Å². The summed E-state index contributed by atoms with van der Waals surface area (Å²) in [7, 11) is 0. The second kappa shape index (κ2) is 7.60. The molecular weight excluding hydrogens is 308 g/mol. The third-order valence-corrected chi connectivity index (χ3v) is 2.91. The number of benzene rings is 1. The van der Waals surface area contributed by atoms with Crippen molar-refractivity contribution in [3.05, 3.63) is 35.9 Å². The van der Waals surface area contributed by atoms with Crippen molar-refractivity contribution in [3.63, 3.8) is 0 Å². The second-order valence-electron chi connectivity index (χ2n) is 7.62. The Hall–Kier alpha value is -2.17. The van der Waals surface area contributed by atoms with Gasteiger partial charge in [-0.25, -0.2) is 4.79 Å².